The van der Waals surface area contributed by atoms with E-state index >= 15 is 0 Å². The van der Waals surface area contributed by atoms with Crippen LogP contribution in [0.5, 0.6) is 0 Å². The normalized spacial score (nSPS) is 17.4. The molecule has 110 valence electrons. The summed E-state index contributed by atoms with van der Waals surface area (Å²) >= 11 is 6.08. The van der Waals surface area contributed by atoms with Crippen molar-refractivity contribution in [3.63, 3.8) is 0 Å². The number of hydrogen-bond donors (Lipinski definition) is 1. The van der Waals surface area contributed by atoms with Gasteiger partial charge in [0.2, 0.25) is 0 Å². The summed E-state index contributed by atoms with van der Waals surface area (Å²) in [7, 11) is 0. The monoisotopic (exact) mass is 298 g/mol. The molecule has 1 aromatic carbocycles. The summed E-state index contributed by atoms with van der Waals surface area (Å²) in [5.41, 5.74) is 1.41. The lowest BCUT2D eigenvalue weighted by molar-refractivity contribution is -0.139. The minimum absolute atomic E-state index is 0.0997. The smallest absolute Gasteiger partial charge is 0.303 e. The van der Waals surface area contributed by atoms with Gasteiger partial charge in [0.15, 0.2) is 0 Å². The van der Waals surface area contributed by atoms with E-state index in [1.807, 2.05) is 0 Å². The summed E-state index contributed by atoms with van der Waals surface area (Å²) in [6.45, 7) is 1.72. The molecule has 0 spiro atoms. The first-order valence-electron chi connectivity index (χ1n) is 7.08. The van der Waals surface area contributed by atoms with Crippen LogP contribution in [0.15, 0.2) is 12.1 Å². The average molecular weight is 299 g/mol. The second kappa shape index (κ2) is 6.13. The van der Waals surface area contributed by atoms with Crippen molar-refractivity contribution in [1.82, 2.24) is 0 Å². The number of carbonyl (C=O) groups is 1. The zero-order valence-electron chi connectivity index (χ0n) is 11.7. The molecule has 0 saturated heterocycles. The molecule has 0 bridgehead atoms. The highest BCUT2D eigenvalue weighted by molar-refractivity contribution is 6.31. The summed E-state index contributed by atoms with van der Waals surface area (Å²) in [6.07, 6.45) is 5.89. The number of benzene rings is 1. The Morgan fingerprint density at radius 3 is 2.65 bits per heavy atom. The molecular formula is C16H20ClFO2. The predicted octanol–water partition coefficient (Wildman–Crippen LogP) is 4.76. The topological polar surface area (TPSA) is 37.3 Å². The Morgan fingerprint density at radius 2 is 2.05 bits per heavy atom. The third kappa shape index (κ3) is 3.51. The standard InChI is InChI=1S/C16H20ClFO2/c1-11-8-12(13(17)9-14(11)18)4-7-16(10-15(19)20)5-2-3-6-16/h8-9H,2-7,10H2,1H3,(H,19,20). The molecule has 1 saturated carbocycles. The molecule has 0 atom stereocenters. The molecule has 0 aromatic heterocycles. The van der Waals surface area contributed by atoms with Crippen LogP contribution in [0.3, 0.4) is 0 Å². The van der Waals surface area contributed by atoms with Gasteiger partial charge in [-0.1, -0.05) is 30.5 Å². The third-order valence-electron chi connectivity index (χ3n) is 4.44. The molecule has 0 aliphatic heterocycles. The second-order valence-electron chi connectivity index (χ2n) is 5.97. The second-order valence-corrected chi connectivity index (χ2v) is 6.38. The van der Waals surface area contributed by atoms with Crippen molar-refractivity contribution >= 4 is 17.6 Å². The van der Waals surface area contributed by atoms with E-state index in [1.165, 1.54) is 6.07 Å². The minimum atomic E-state index is -0.728. The minimum Gasteiger partial charge on any atom is -0.481 e. The molecule has 20 heavy (non-hydrogen) atoms. The molecule has 0 radical (unpaired) electrons. The van der Waals surface area contributed by atoms with E-state index < -0.39 is 5.97 Å². The molecule has 4 heteroatoms. The largest absolute Gasteiger partial charge is 0.481 e. The zero-order valence-corrected chi connectivity index (χ0v) is 12.5. The van der Waals surface area contributed by atoms with E-state index in [-0.39, 0.29) is 17.7 Å². The molecule has 1 N–H and O–H groups in total. The maximum Gasteiger partial charge on any atom is 0.303 e. The fraction of sp³-hybridized carbons (Fsp3) is 0.562. The fourth-order valence-electron chi connectivity index (χ4n) is 3.27. The molecule has 0 heterocycles. The van der Waals surface area contributed by atoms with Gasteiger partial charge >= 0.3 is 5.97 Å². The van der Waals surface area contributed by atoms with Gasteiger partial charge in [0.1, 0.15) is 5.82 Å². The summed E-state index contributed by atoms with van der Waals surface area (Å²) in [6, 6.07) is 3.13. The third-order valence-corrected chi connectivity index (χ3v) is 4.79. The van der Waals surface area contributed by atoms with Gasteiger partial charge in [-0.2, -0.15) is 0 Å². The molecule has 1 aliphatic carbocycles. The van der Waals surface area contributed by atoms with Gasteiger partial charge in [-0.25, -0.2) is 4.39 Å². The molecular weight excluding hydrogens is 279 g/mol. The van der Waals surface area contributed by atoms with E-state index in [2.05, 4.69) is 0 Å². The molecule has 1 aromatic rings. The lowest BCUT2D eigenvalue weighted by atomic mass is 9.77. The van der Waals surface area contributed by atoms with Crippen molar-refractivity contribution in [2.75, 3.05) is 0 Å². The first-order chi connectivity index (χ1) is 9.42. The van der Waals surface area contributed by atoms with E-state index in [0.717, 1.165) is 37.7 Å². The number of hydrogen-bond acceptors (Lipinski definition) is 1. The highest BCUT2D eigenvalue weighted by atomic mass is 35.5. The lowest BCUT2D eigenvalue weighted by Crippen LogP contribution is -2.21. The summed E-state index contributed by atoms with van der Waals surface area (Å²) in [5, 5.41) is 9.54. The summed E-state index contributed by atoms with van der Waals surface area (Å²) in [4.78, 5) is 11.1. The van der Waals surface area contributed by atoms with E-state index in [1.54, 1.807) is 13.0 Å². The Morgan fingerprint density at radius 1 is 1.40 bits per heavy atom. The first-order valence-corrected chi connectivity index (χ1v) is 7.46. The van der Waals surface area contributed by atoms with Crippen molar-refractivity contribution in [3.8, 4) is 0 Å². The molecule has 0 amide bonds. The Labute approximate surface area is 123 Å². The Balaban J connectivity index is 2.10. The van der Waals surface area contributed by atoms with E-state index in [0.29, 0.717) is 17.0 Å². The van der Waals surface area contributed by atoms with Crippen molar-refractivity contribution in [3.05, 3.63) is 34.1 Å². The van der Waals surface area contributed by atoms with Gasteiger partial charge in [0.05, 0.1) is 6.42 Å². The van der Waals surface area contributed by atoms with E-state index in [4.69, 9.17) is 16.7 Å². The maximum absolute atomic E-state index is 13.4. The number of carboxylic acid groups (broad SMARTS) is 1. The van der Waals surface area contributed by atoms with Crippen molar-refractivity contribution in [2.24, 2.45) is 5.41 Å². The lowest BCUT2D eigenvalue weighted by Gasteiger charge is -2.27. The van der Waals surface area contributed by atoms with Gasteiger partial charge < -0.3 is 5.11 Å². The zero-order chi connectivity index (χ0) is 14.8. The van der Waals surface area contributed by atoms with Gasteiger partial charge in [-0.15, -0.1) is 0 Å². The van der Waals surface area contributed by atoms with Crippen LogP contribution < -0.4 is 0 Å². The van der Waals surface area contributed by atoms with Crippen LogP contribution in [0.4, 0.5) is 4.39 Å². The van der Waals surface area contributed by atoms with Gasteiger partial charge in [0.25, 0.3) is 0 Å². The SMILES string of the molecule is Cc1cc(CCC2(CC(=O)O)CCCC2)c(Cl)cc1F. The molecule has 1 aliphatic rings. The Bertz CT molecular complexity index is 507. The van der Waals surface area contributed by atoms with Crippen LogP contribution in [0.2, 0.25) is 5.02 Å². The number of carboxylic acids is 1. The average Bonchev–Trinajstić information content (AvgIpc) is 2.80. The van der Waals surface area contributed by atoms with Crippen LogP contribution in [-0.2, 0) is 11.2 Å². The summed E-state index contributed by atoms with van der Waals surface area (Å²) < 4.78 is 13.4. The van der Waals surface area contributed by atoms with Crippen LogP contribution in [0, 0.1) is 18.2 Å². The number of aryl methyl sites for hydroxylation is 2. The van der Waals surface area contributed by atoms with Gasteiger partial charge in [-0.3, -0.25) is 4.79 Å². The molecule has 0 unspecified atom stereocenters. The van der Waals surface area contributed by atoms with Crippen molar-refractivity contribution in [1.29, 1.82) is 0 Å². The number of aliphatic carboxylic acids is 1. The Hall–Kier alpha value is -1.09. The highest BCUT2D eigenvalue weighted by Crippen LogP contribution is 2.45. The van der Waals surface area contributed by atoms with Crippen LogP contribution >= 0.6 is 11.6 Å². The molecule has 1 fully saturated rings. The fourth-order valence-corrected chi connectivity index (χ4v) is 3.51. The van der Waals surface area contributed by atoms with Crippen molar-refractivity contribution in [2.45, 2.75) is 51.9 Å². The number of rotatable bonds is 5. The Kier molecular flexibility index (Phi) is 4.69. The number of halogens is 2. The molecule has 2 nitrogen and oxygen atoms in total. The molecule has 2 rings (SSSR count). The van der Waals surface area contributed by atoms with Gasteiger partial charge in [-0.05, 0) is 55.2 Å². The van der Waals surface area contributed by atoms with E-state index in [9.17, 15) is 9.18 Å². The van der Waals surface area contributed by atoms with Gasteiger partial charge in [0, 0.05) is 5.02 Å². The van der Waals surface area contributed by atoms with Crippen LogP contribution in [-0.4, -0.2) is 11.1 Å². The van der Waals surface area contributed by atoms with Crippen molar-refractivity contribution < 1.29 is 14.3 Å². The highest BCUT2D eigenvalue weighted by Gasteiger charge is 2.35. The quantitative estimate of drug-likeness (QED) is 0.851. The maximum atomic E-state index is 13.4. The van der Waals surface area contributed by atoms with Crippen LogP contribution in [0.1, 0.15) is 49.7 Å². The first kappa shape index (κ1) is 15.3. The summed E-state index contributed by atoms with van der Waals surface area (Å²) in [5.74, 6) is -1.02. The van der Waals surface area contributed by atoms with Crippen LogP contribution in [0.25, 0.3) is 0 Å². The predicted molar refractivity (Wildman–Crippen MR) is 77.6 cm³/mol.